The highest BCUT2D eigenvalue weighted by molar-refractivity contribution is 5.68. The van der Waals surface area contributed by atoms with E-state index in [0.29, 0.717) is 0 Å². The van der Waals surface area contributed by atoms with E-state index < -0.39 is 0 Å². The highest BCUT2D eigenvalue weighted by Crippen LogP contribution is 2.21. The predicted octanol–water partition coefficient (Wildman–Crippen LogP) is 3.07. The lowest BCUT2D eigenvalue weighted by Crippen LogP contribution is -2.22. The third kappa shape index (κ3) is 2.85. The molecule has 2 heteroatoms. The Balaban J connectivity index is 3.06. The molecule has 1 rings (SSSR count). The summed E-state index contributed by atoms with van der Waals surface area (Å²) >= 11 is 0. The maximum Gasteiger partial charge on any atom is 0.0912 e. The standard InChI is InChI=1S/C13H16N2/c1-3-15(4-2)13-10-6-5-8-12(13)9-7-11-14/h5-10H,3-4H2,1-2H3/b9-7+. The minimum absolute atomic E-state index is 0.980. The Morgan fingerprint density at radius 1 is 1.27 bits per heavy atom. The topological polar surface area (TPSA) is 27.0 Å². The molecule has 0 fully saturated rings. The summed E-state index contributed by atoms with van der Waals surface area (Å²) in [5.74, 6) is 0. The van der Waals surface area contributed by atoms with Crippen LogP contribution >= 0.6 is 0 Å². The van der Waals surface area contributed by atoms with Gasteiger partial charge >= 0.3 is 0 Å². The van der Waals surface area contributed by atoms with Crippen LogP contribution in [0.15, 0.2) is 30.3 Å². The average Bonchev–Trinajstić information content (AvgIpc) is 2.29. The zero-order valence-electron chi connectivity index (χ0n) is 9.27. The molecule has 0 aromatic heterocycles. The van der Waals surface area contributed by atoms with E-state index in [9.17, 15) is 0 Å². The molecule has 1 aromatic carbocycles. The van der Waals surface area contributed by atoms with Gasteiger partial charge in [-0.3, -0.25) is 0 Å². The van der Waals surface area contributed by atoms with Crippen molar-refractivity contribution >= 4 is 11.8 Å². The molecule has 0 aliphatic rings. The first-order valence-electron chi connectivity index (χ1n) is 5.23. The van der Waals surface area contributed by atoms with E-state index in [0.717, 1.165) is 18.7 Å². The van der Waals surface area contributed by atoms with Gasteiger partial charge in [0, 0.05) is 24.9 Å². The van der Waals surface area contributed by atoms with Gasteiger partial charge in [-0.15, -0.1) is 0 Å². The quantitative estimate of drug-likeness (QED) is 0.698. The van der Waals surface area contributed by atoms with Crippen LogP contribution in [0, 0.1) is 11.3 Å². The molecule has 0 saturated heterocycles. The Bertz CT molecular complexity index is 370. The highest BCUT2D eigenvalue weighted by Gasteiger charge is 2.04. The van der Waals surface area contributed by atoms with Gasteiger partial charge in [-0.25, -0.2) is 0 Å². The van der Waals surface area contributed by atoms with Crippen LogP contribution in [0.3, 0.4) is 0 Å². The molecular weight excluding hydrogens is 184 g/mol. The second kappa shape index (κ2) is 5.87. The Hall–Kier alpha value is -1.75. The predicted molar refractivity (Wildman–Crippen MR) is 64.7 cm³/mol. The van der Waals surface area contributed by atoms with Crippen molar-refractivity contribution < 1.29 is 0 Å². The SMILES string of the molecule is CCN(CC)c1ccccc1/C=C/C#N. The van der Waals surface area contributed by atoms with Crippen LogP contribution in [0.25, 0.3) is 6.08 Å². The van der Waals surface area contributed by atoms with Crippen LogP contribution in [-0.4, -0.2) is 13.1 Å². The molecule has 2 nitrogen and oxygen atoms in total. The summed E-state index contributed by atoms with van der Waals surface area (Å²) in [4.78, 5) is 2.27. The molecule has 0 aliphatic carbocycles. The van der Waals surface area contributed by atoms with Crippen molar-refractivity contribution in [2.24, 2.45) is 0 Å². The molecule has 0 spiro atoms. The van der Waals surface area contributed by atoms with Gasteiger partial charge in [-0.1, -0.05) is 18.2 Å². The number of nitriles is 1. The van der Waals surface area contributed by atoms with Crippen LogP contribution < -0.4 is 4.90 Å². The summed E-state index contributed by atoms with van der Waals surface area (Å²) in [7, 11) is 0. The number of benzene rings is 1. The molecule has 0 aliphatic heterocycles. The number of anilines is 1. The third-order valence-electron chi connectivity index (χ3n) is 2.38. The Labute approximate surface area is 91.4 Å². The van der Waals surface area contributed by atoms with Gasteiger partial charge in [0.25, 0.3) is 0 Å². The lowest BCUT2D eigenvalue weighted by molar-refractivity contribution is 0.865. The fourth-order valence-corrected chi connectivity index (χ4v) is 1.61. The highest BCUT2D eigenvalue weighted by atomic mass is 15.1. The van der Waals surface area contributed by atoms with Crippen molar-refractivity contribution in [1.82, 2.24) is 0 Å². The Morgan fingerprint density at radius 2 is 1.93 bits per heavy atom. The molecule has 0 saturated carbocycles. The minimum Gasteiger partial charge on any atom is -0.372 e. The second-order valence-electron chi connectivity index (χ2n) is 3.19. The van der Waals surface area contributed by atoms with Gasteiger partial charge in [0.1, 0.15) is 0 Å². The van der Waals surface area contributed by atoms with Crippen molar-refractivity contribution in [3.8, 4) is 6.07 Å². The molecule has 0 atom stereocenters. The van der Waals surface area contributed by atoms with Crippen molar-refractivity contribution in [3.05, 3.63) is 35.9 Å². The number of rotatable bonds is 4. The molecule has 1 aromatic rings. The van der Waals surface area contributed by atoms with E-state index >= 15 is 0 Å². The van der Waals surface area contributed by atoms with E-state index in [-0.39, 0.29) is 0 Å². The van der Waals surface area contributed by atoms with Gasteiger partial charge in [0.05, 0.1) is 6.07 Å². The number of allylic oxidation sites excluding steroid dienone is 1. The summed E-state index contributed by atoms with van der Waals surface area (Å²) < 4.78 is 0. The van der Waals surface area contributed by atoms with E-state index in [4.69, 9.17) is 5.26 Å². The van der Waals surface area contributed by atoms with Crippen LogP contribution in [0.5, 0.6) is 0 Å². The second-order valence-corrected chi connectivity index (χ2v) is 3.19. The largest absolute Gasteiger partial charge is 0.372 e. The zero-order chi connectivity index (χ0) is 11.1. The first kappa shape index (κ1) is 11.3. The maximum atomic E-state index is 8.52. The monoisotopic (exact) mass is 200 g/mol. The normalized spacial score (nSPS) is 10.2. The average molecular weight is 200 g/mol. The van der Waals surface area contributed by atoms with Crippen molar-refractivity contribution in [2.75, 3.05) is 18.0 Å². The summed E-state index contributed by atoms with van der Waals surface area (Å²) in [6.45, 7) is 6.23. The summed E-state index contributed by atoms with van der Waals surface area (Å²) in [5.41, 5.74) is 2.29. The fraction of sp³-hybridized carbons (Fsp3) is 0.308. The molecule has 0 N–H and O–H groups in total. The number of hydrogen-bond donors (Lipinski definition) is 0. The molecule has 0 amide bonds. The number of nitrogens with zero attached hydrogens (tertiary/aromatic N) is 2. The lowest BCUT2D eigenvalue weighted by Gasteiger charge is -2.22. The number of para-hydroxylation sites is 1. The Morgan fingerprint density at radius 3 is 2.53 bits per heavy atom. The van der Waals surface area contributed by atoms with Crippen molar-refractivity contribution in [3.63, 3.8) is 0 Å². The van der Waals surface area contributed by atoms with E-state index in [1.165, 1.54) is 11.8 Å². The van der Waals surface area contributed by atoms with Gasteiger partial charge < -0.3 is 4.90 Å². The van der Waals surface area contributed by atoms with Gasteiger partial charge in [-0.05, 0) is 31.6 Å². The Kier molecular flexibility index (Phi) is 4.43. The summed E-state index contributed by atoms with van der Waals surface area (Å²) in [5, 5.41) is 8.52. The minimum atomic E-state index is 0.980. The fourth-order valence-electron chi connectivity index (χ4n) is 1.61. The van der Waals surface area contributed by atoms with Gasteiger partial charge in [0.2, 0.25) is 0 Å². The van der Waals surface area contributed by atoms with Crippen LogP contribution in [-0.2, 0) is 0 Å². The first-order chi connectivity index (χ1) is 7.33. The molecule has 0 unspecified atom stereocenters. The molecule has 78 valence electrons. The number of hydrogen-bond acceptors (Lipinski definition) is 2. The molecule has 15 heavy (non-hydrogen) atoms. The van der Waals surface area contributed by atoms with Crippen molar-refractivity contribution in [2.45, 2.75) is 13.8 Å². The van der Waals surface area contributed by atoms with E-state index in [1.54, 1.807) is 0 Å². The maximum absolute atomic E-state index is 8.52. The first-order valence-corrected chi connectivity index (χ1v) is 5.23. The van der Waals surface area contributed by atoms with Crippen LogP contribution in [0.4, 0.5) is 5.69 Å². The lowest BCUT2D eigenvalue weighted by atomic mass is 10.1. The molecule has 0 radical (unpaired) electrons. The van der Waals surface area contributed by atoms with Gasteiger partial charge in [0.15, 0.2) is 0 Å². The van der Waals surface area contributed by atoms with Crippen LogP contribution in [0.1, 0.15) is 19.4 Å². The smallest absolute Gasteiger partial charge is 0.0912 e. The molecular formula is C13H16N2. The molecule has 0 heterocycles. The third-order valence-corrected chi connectivity index (χ3v) is 2.38. The van der Waals surface area contributed by atoms with Gasteiger partial charge in [-0.2, -0.15) is 5.26 Å². The summed E-state index contributed by atoms with van der Waals surface area (Å²) in [6.07, 6.45) is 3.37. The zero-order valence-corrected chi connectivity index (χ0v) is 9.27. The van der Waals surface area contributed by atoms with E-state index in [2.05, 4.69) is 24.8 Å². The van der Waals surface area contributed by atoms with Crippen LogP contribution in [0.2, 0.25) is 0 Å². The van der Waals surface area contributed by atoms with Crippen molar-refractivity contribution in [1.29, 1.82) is 5.26 Å². The van der Waals surface area contributed by atoms with E-state index in [1.807, 2.05) is 30.3 Å². The summed E-state index contributed by atoms with van der Waals surface area (Å²) in [6, 6.07) is 10.2. The molecule has 0 bridgehead atoms.